The van der Waals surface area contributed by atoms with Crippen molar-refractivity contribution in [3.8, 4) is 5.75 Å². The van der Waals surface area contributed by atoms with E-state index >= 15 is 0 Å². The number of anilines is 1. The number of amides is 1. The molecule has 0 unspecified atom stereocenters. The van der Waals surface area contributed by atoms with Crippen LogP contribution in [-0.2, 0) is 9.53 Å². The summed E-state index contributed by atoms with van der Waals surface area (Å²) in [6.45, 7) is 0.664. The van der Waals surface area contributed by atoms with Gasteiger partial charge < -0.3 is 14.8 Å². The molecule has 1 N–H and O–H groups in total. The third-order valence-corrected chi connectivity index (χ3v) is 4.33. The highest BCUT2D eigenvalue weighted by Crippen LogP contribution is 2.33. The van der Waals surface area contributed by atoms with Crippen LogP contribution in [0.5, 0.6) is 5.75 Å². The Morgan fingerprint density at radius 2 is 2.00 bits per heavy atom. The topological polar surface area (TPSA) is 47.6 Å². The number of carbonyl (C=O) groups excluding carboxylic acids is 1. The second kappa shape index (κ2) is 9.60. The first-order valence-electron chi connectivity index (χ1n) is 7.29. The zero-order valence-corrected chi connectivity index (χ0v) is 14.9. The van der Waals surface area contributed by atoms with Crippen molar-refractivity contribution >= 4 is 35.0 Å². The molecular formula is C17H16ClF2NO3S. The van der Waals surface area contributed by atoms with Crippen LogP contribution in [0.15, 0.2) is 41.3 Å². The first-order chi connectivity index (χ1) is 12.0. The van der Waals surface area contributed by atoms with Gasteiger partial charge in [0, 0.05) is 12.0 Å². The lowest BCUT2D eigenvalue weighted by atomic mass is 10.3. The average molecular weight is 388 g/mol. The number of carbonyl (C=O) groups is 1. The van der Waals surface area contributed by atoms with Crippen LogP contribution in [0, 0.1) is 11.6 Å². The molecule has 2 aromatic rings. The van der Waals surface area contributed by atoms with E-state index in [0.717, 1.165) is 23.9 Å². The molecule has 1 amide bonds. The molecule has 134 valence electrons. The molecule has 2 rings (SSSR count). The highest BCUT2D eigenvalue weighted by molar-refractivity contribution is 8.00. The maximum atomic E-state index is 13.2. The molecule has 0 aromatic heterocycles. The molecule has 0 bridgehead atoms. The lowest BCUT2D eigenvalue weighted by Crippen LogP contribution is -2.15. The van der Waals surface area contributed by atoms with Crippen LogP contribution in [0.25, 0.3) is 0 Å². The van der Waals surface area contributed by atoms with E-state index in [4.69, 9.17) is 21.1 Å². The van der Waals surface area contributed by atoms with E-state index in [9.17, 15) is 13.6 Å². The summed E-state index contributed by atoms with van der Waals surface area (Å²) in [4.78, 5) is 12.6. The van der Waals surface area contributed by atoms with Crippen LogP contribution < -0.4 is 10.1 Å². The molecule has 0 radical (unpaired) electrons. The summed E-state index contributed by atoms with van der Waals surface area (Å²) < 4.78 is 36.5. The van der Waals surface area contributed by atoms with E-state index < -0.39 is 11.6 Å². The molecule has 0 atom stereocenters. The Hall–Kier alpha value is -1.83. The largest absolute Gasteiger partial charge is 0.487 e. The van der Waals surface area contributed by atoms with Gasteiger partial charge in [-0.15, -0.1) is 11.8 Å². The molecule has 0 fully saturated rings. The second-order valence-corrected chi connectivity index (χ2v) is 6.33. The number of rotatable bonds is 8. The van der Waals surface area contributed by atoms with Crippen LogP contribution in [0.3, 0.4) is 0 Å². The molecule has 8 heteroatoms. The SMILES string of the molecule is COCCOc1c(Cl)cccc1NC(=O)CSc1ccc(F)c(F)c1. The number of hydrogen-bond donors (Lipinski definition) is 1. The number of halogens is 3. The quantitative estimate of drug-likeness (QED) is 0.539. The highest BCUT2D eigenvalue weighted by atomic mass is 35.5. The van der Waals surface area contributed by atoms with Crippen molar-refractivity contribution in [2.75, 3.05) is 31.4 Å². The number of benzene rings is 2. The highest BCUT2D eigenvalue weighted by Gasteiger charge is 2.12. The van der Waals surface area contributed by atoms with Crippen molar-refractivity contribution in [2.24, 2.45) is 0 Å². The molecular weight excluding hydrogens is 372 g/mol. The third kappa shape index (κ3) is 5.88. The fraction of sp³-hybridized carbons (Fsp3) is 0.235. The maximum absolute atomic E-state index is 13.2. The predicted octanol–water partition coefficient (Wildman–Crippen LogP) is 4.37. The van der Waals surface area contributed by atoms with Gasteiger partial charge in [0.15, 0.2) is 17.4 Å². The Bertz CT molecular complexity index is 746. The molecule has 25 heavy (non-hydrogen) atoms. The van der Waals surface area contributed by atoms with Crippen molar-refractivity contribution in [1.82, 2.24) is 0 Å². The number of nitrogens with one attached hydrogen (secondary N) is 1. The van der Waals surface area contributed by atoms with E-state index in [-0.39, 0.29) is 18.3 Å². The molecule has 4 nitrogen and oxygen atoms in total. The zero-order chi connectivity index (χ0) is 18.2. The van der Waals surface area contributed by atoms with Gasteiger partial charge in [0.05, 0.1) is 23.1 Å². The van der Waals surface area contributed by atoms with Crippen molar-refractivity contribution in [3.63, 3.8) is 0 Å². The second-order valence-electron chi connectivity index (χ2n) is 4.87. The van der Waals surface area contributed by atoms with E-state index in [1.165, 1.54) is 6.07 Å². The van der Waals surface area contributed by atoms with Crippen molar-refractivity contribution in [1.29, 1.82) is 0 Å². The number of para-hydroxylation sites is 1. The van der Waals surface area contributed by atoms with Gasteiger partial charge in [-0.25, -0.2) is 8.78 Å². The van der Waals surface area contributed by atoms with Gasteiger partial charge in [0.2, 0.25) is 5.91 Å². The van der Waals surface area contributed by atoms with Crippen molar-refractivity contribution in [3.05, 3.63) is 53.1 Å². The van der Waals surface area contributed by atoms with Gasteiger partial charge in [0.25, 0.3) is 0 Å². The fourth-order valence-corrected chi connectivity index (χ4v) is 2.83. The third-order valence-electron chi connectivity index (χ3n) is 3.04. The summed E-state index contributed by atoms with van der Waals surface area (Å²) in [5.74, 6) is -1.82. The minimum absolute atomic E-state index is 0.0229. The lowest BCUT2D eigenvalue weighted by molar-refractivity contribution is -0.113. The van der Waals surface area contributed by atoms with E-state index in [2.05, 4.69) is 5.32 Å². The number of methoxy groups -OCH3 is 1. The summed E-state index contributed by atoms with van der Waals surface area (Å²) >= 11 is 7.19. The van der Waals surface area contributed by atoms with Gasteiger partial charge in [-0.1, -0.05) is 17.7 Å². The first-order valence-corrected chi connectivity index (χ1v) is 8.65. The maximum Gasteiger partial charge on any atom is 0.234 e. The van der Waals surface area contributed by atoms with E-state index in [1.807, 2.05) is 0 Å². The van der Waals surface area contributed by atoms with Crippen molar-refractivity contribution in [2.45, 2.75) is 4.90 Å². The molecule has 0 spiro atoms. The Morgan fingerprint density at radius 1 is 1.20 bits per heavy atom. The number of thioether (sulfide) groups is 1. The van der Waals surface area contributed by atoms with Gasteiger partial charge in [-0.05, 0) is 30.3 Å². The normalized spacial score (nSPS) is 10.6. The van der Waals surface area contributed by atoms with Crippen LogP contribution >= 0.6 is 23.4 Å². The van der Waals surface area contributed by atoms with Crippen LogP contribution in [-0.4, -0.2) is 32.0 Å². The van der Waals surface area contributed by atoms with Gasteiger partial charge >= 0.3 is 0 Å². The van der Waals surface area contributed by atoms with Gasteiger partial charge in [0.1, 0.15) is 6.61 Å². The number of ether oxygens (including phenoxy) is 2. The Balaban J connectivity index is 1.97. The standard InChI is InChI=1S/C17H16ClF2NO3S/c1-23-7-8-24-17-12(18)3-2-4-15(17)21-16(22)10-25-11-5-6-13(19)14(20)9-11/h2-6,9H,7-8,10H2,1H3,(H,21,22). The zero-order valence-electron chi connectivity index (χ0n) is 13.4. The summed E-state index contributed by atoms with van der Waals surface area (Å²) in [5.41, 5.74) is 0.430. The summed E-state index contributed by atoms with van der Waals surface area (Å²) in [6, 6.07) is 8.47. The molecule has 0 saturated carbocycles. The molecule has 0 aliphatic heterocycles. The average Bonchev–Trinajstić information content (AvgIpc) is 2.58. The molecule has 0 saturated heterocycles. The van der Waals surface area contributed by atoms with E-state index in [1.54, 1.807) is 25.3 Å². The van der Waals surface area contributed by atoms with Gasteiger partial charge in [-0.3, -0.25) is 4.79 Å². The predicted molar refractivity (Wildman–Crippen MR) is 94.5 cm³/mol. The summed E-state index contributed by atoms with van der Waals surface area (Å²) in [5, 5.41) is 3.06. The first kappa shape index (κ1) is 19.5. The fourth-order valence-electron chi connectivity index (χ4n) is 1.88. The van der Waals surface area contributed by atoms with Gasteiger partial charge in [-0.2, -0.15) is 0 Å². The van der Waals surface area contributed by atoms with Crippen molar-refractivity contribution < 1.29 is 23.0 Å². The Kier molecular flexibility index (Phi) is 7.49. The summed E-state index contributed by atoms with van der Waals surface area (Å²) in [7, 11) is 1.55. The monoisotopic (exact) mass is 387 g/mol. The minimum Gasteiger partial charge on any atom is -0.487 e. The molecule has 0 aliphatic rings. The summed E-state index contributed by atoms with van der Waals surface area (Å²) in [6.07, 6.45) is 0. The Morgan fingerprint density at radius 3 is 2.72 bits per heavy atom. The smallest absolute Gasteiger partial charge is 0.234 e. The van der Waals surface area contributed by atoms with Crippen LogP contribution in [0.4, 0.5) is 14.5 Å². The molecule has 0 aliphatic carbocycles. The minimum atomic E-state index is -0.950. The van der Waals surface area contributed by atoms with E-state index in [0.29, 0.717) is 28.0 Å². The van der Waals surface area contributed by atoms with Crippen LogP contribution in [0.2, 0.25) is 5.02 Å². The van der Waals surface area contributed by atoms with Crippen LogP contribution in [0.1, 0.15) is 0 Å². The lowest BCUT2D eigenvalue weighted by Gasteiger charge is -2.13. The number of hydrogen-bond acceptors (Lipinski definition) is 4. The molecule has 2 aromatic carbocycles. The Labute approximate surface area is 153 Å². The molecule has 0 heterocycles.